The van der Waals surface area contributed by atoms with E-state index < -0.39 is 0 Å². The molecule has 11 heavy (non-hydrogen) atoms. The molecule has 1 saturated carbocycles. The molecule has 0 bridgehead atoms. The van der Waals surface area contributed by atoms with Gasteiger partial charge in [0, 0.05) is 11.3 Å². The third kappa shape index (κ3) is 1.58. The van der Waals surface area contributed by atoms with Crippen molar-refractivity contribution in [1.29, 1.82) is 0 Å². The molecule has 0 saturated heterocycles. The molecule has 1 aliphatic carbocycles. The highest BCUT2D eigenvalue weighted by molar-refractivity contribution is 7.09. The van der Waals surface area contributed by atoms with Crippen LogP contribution in [0.1, 0.15) is 29.5 Å². The van der Waals surface area contributed by atoms with Gasteiger partial charge in [-0.2, -0.15) is 0 Å². The maximum absolute atomic E-state index is 5.18. The number of nitrogens with zero attached hydrogens (tertiary/aromatic N) is 1. The topological polar surface area (TPSA) is 50.9 Å². The van der Waals surface area contributed by atoms with Crippen LogP contribution < -0.4 is 11.3 Å². The van der Waals surface area contributed by atoms with Gasteiger partial charge >= 0.3 is 0 Å². The average Bonchev–Trinajstić information content (AvgIpc) is 2.75. The molecule has 1 heterocycles. The third-order valence-electron chi connectivity index (χ3n) is 1.78. The van der Waals surface area contributed by atoms with Gasteiger partial charge in [-0.25, -0.2) is 4.98 Å². The van der Waals surface area contributed by atoms with Gasteiger partial charge in [-0.1, -0.05) is 0 Å². The second-order valence-electron chi connectivity index (χ2n) is 2.83. The first-order valence-corrected chi connectivity index (χ1v) is 4.66. The van der Waals surface area contributed by atoms with Gasteiger partial charge in [-0.3, -0.25) is 11.3 Å². The van der Waals surface area contributed by atoms with Crippen molar-refractivity contribution in [3.63, 3.8) is 0 Å². The van der Waals surface area contributed by atoms with E-state index in [1.54, 1.807) is 11.3 Å². The van der Waals surface area contributed by atoms with Crippen LogP contribution in [-0.2, 0) is 6.54 Å². The molecule has 0 amide bonds. The highest BCUT2D eigenvalue weighted by atomic mass is 32.1. The summed E-state index contributed by atoms with van der Waals surface area (Å²) in [5, 5.41) is 3.36. The monoisotopic (exact) mass is 169 g/mol. The van der Waals surface area contributed by atoms with E-state index in [1.165, 1.54) is 17.8 Å². The summed E-state index contributed by atoms with van der Waals surface area (Å²) in [6.45, 7) is 0.684. The predicted octanol–water partition coefficient (Wildman–Crippen LogP) is 0.984. The van der Waals surface area contributed by atoms with E-state index in [0.29, 0.717) is 6.54 Å². The molecule has 60 valence electrons. The Morgan fingerprint density at radius 3 is 3.18 bits per heavy atom. The lowest BCUT2D eigenvalue weighted by molar-refractivity contribution is 0.724. The molecule has 1 aliphatic rings. The van der Waals surface area contributed by atoms with Gasteiger partial charge in [0.15, 0.2) is 0 Å². The maximum atomic E-state index is 5.18. The summed E-state index contributed by atoms with van der Waals surface area (Å²) in [4.78, 5) is 4.44. The number of thiazole rings is 1. The highest BCUT2D eigenvalue weighted by Crippen LogP contribution is 2.41. The van der Waals surface area contributed by atoms with Crippen molar-refractivity contribution in [3.05, 3.63) is 16.1 Å². The van der Waals surface area contributed by atoms with Crippen LogP contribution in [0.3, 0.4) is 0 Å². The molecule has 0 unspecified atom stereocenters. The van der Waals surface area contributed by atoms with Crippen LogP contribution in [0.25, 0.3) is 0 Å². The molecule has 3 N–H and O–H groups in total. The summed E-state index contributed by atoms with van der Waals surface area (Å²) in [6.07, 6.45) is 2.64. The summed E-state index contributed by atoms with van der Waals surface area (Å²) in [5.74, 6) is 5.95. The summed E-state index contributed by atoms with van der Waals surface area (Å²) in [5.41, 5.74) is 3.67. The zero-order chi connectivity index (χ0) is 7.68. The lowest BCUT2D eigenvalue weighted by Gasteiger charge is -1.90. The molecule has 0 spiro atoms. The number of hydrogen-bond donors (Lipinski definition) is 2. The Morgan fingerprint density at radius 2 is 2.55 bits per heavy atom. The van der Waals surface area contributed by atoms with Crippen LogP contribution in [0.15, 0.2) is 5.38 Å². The molecule has 0 aliphatic heterocycles. The summed E-state index contributed by atoms with van der Waals surface area (Å²) in [6, 6.07) is 0. The highest BCUT2D eigenvalue weighted by Gasteiger charge is 2.26. The normalized spacial score (nSPS) is 17.2. The standard InChI is InChI=1S/C7H11N3S/c8-9-3-6-4-11-7(10-6)5-1-2-5/h4-5,9H,1-3,8H2. The van der Waals surface area contributed by atoms with Crippen LogP contribution in [0, 0.1) is 0 Å². The van der Waals surface area contributed by atoms with Gasteiger partial charge in [-0.15, -0.1) is 11.3 Å². The van der Waals surface area contributed by atoms with Crippen LogP contribution in [-0.4, -0.2) is 4.98 Å². The number of hydrazine groups is 1. The molecule has 0 radical (unpaired) electrons. The Labute approximate surface area is 69.6 Å². The Balaban J connectivity index is 2.06. The largest absolute Gasteiger partial charge is 0.271 e. The minimum absolute atomic E-state index is 0.684. The fraction of sp³-hybridized carbons (Fsp3) is 0.571. The van der Waals surface area contributed by atoms with E-state index in [9.17, 15) is 0 Å². The van der Waals surface area contributed by atoms with E-state index in [2.05, 4.69) is 15.8 Å². The first kappa shape index (κ1) is 7.21. The quantitative estimate of drug-likeness (QED) is 0.524. The number of hydrogen-bond acceptors (Lipinski definition) is 4. The van der Waals surface area contributed by atoms with Gasteiger partial charge in [0.1, 0.15) is 0 Å². The Morgan fingerprint density at radius 1 is 1.73 bits per heavy atom. The van der Waals surface area contributed by atoms with Crippen molar-refractivity contribution in [2.45, 2.75) is 25.3 Å². The van der Waals surface area contributed by atoms with Crippen molar-refractivity contribution in [2.24, 2.45) is 5.84 Å². The second-order valence-corrected chi connectivity index (χ2v) is 3.72. The molecule has 2 rings (SSSR count). The third-order valence-corrected chi connectivity index (χ3v) is 2.84. The minimum atomic E-state index is 0.684. The van der Waals surface area contributed by atoms with Crippen LogP contribution >= 0.6 is 11.3 Å². The van der Waals surface area contributed by atoms with E-state index in [1.807, 2.05) is 0 Å². The van der Waals surface area contributed by atoms with Crippen LogP contribution in [0.2, 0.25) is 0 Å². The molecule has 0 atom stereocenters. The van der Waals surface area contributed by atoms with Crippen LogP contribution in [0.4, 0.5) is 0 Å². The van der Waals surface area contributed by atoms with Gasteiger partial charge in [-0.05, 0) is 12.8 Å². The Bertz CT molecular complexity index is 242. The predicted molar refractivity (Wildman–Crippen MR) is 45.1 cm³/mol. The van der Waals surface area contributed by atoms with E-state index in [-0.39, 0.29) is 0 Å². The number of rotatable bonds is 3. The molecule has 1 fully saturated rings. The van der Waals surface area contributed by atoms with Crippen molar-refractivity contribution >= 4 is 11.3 Å². The van der Waals surface area contributed by atoms with Crippen molar-refractivity contribution in [1.82, 2.24) is 10.4 Å². The van der Waals surface area contributed by atoms with E-state index in [4.69, 9.17) is 5.84 Å². The molecule has 4 heteroatoms. The molecule has 1 aromatic rings. The summed E-state index contributed by atoms with van der Waals surface area (Å²) < 4.78 is 0. The SMILES string of the molecule is NNCc1csc(C2CC2)n1. The lowest BCUT2D eigenvalue weighted by atomic mass is 10.4. The molecule has 0 aromatic carbocycles. The fourth-order valence-electron chi connectivity index (χ4n) is 1.03. The zero-order valence-electron chi connectivity index (χ0n) is 6.21. The molecule has 1 aromatic heterocycles. The first-order chi connectivity index (χ1) is 5.40. The number of aromatic nitrogens is 1. The number of nitrogens with one attached hydrogen (secondary N) is 1. The van der Waals surface area contributed by atoms with Crippen LogP contribution in [0.5, 0.6) is 0 Å². The lowest BCUT2D eigenvalue weighted by Crippen LogP contribution is -2.20. The number of nitrogens with two attached hydrogens (primary N) is 1. The van der Waals surface area contributed by atoms with Crippen molar-refractivity contribution in [3.8, 4) is 0 Å². The summed E-state index contributed by atoms with van der Waals surface area (Å²) >= 11 is 1.75. The zero-order valence-corrected chi connectivity index (χ0v) is 7.03. The van der Waals surface area contributed by atoms with Crippen molar-refractivity contribution in [2.75, 3.05) is 0 Å². The second kappa shape index (κ2) is 2.89. The van der Waals surface area contributed by atoms with E-state index >= 15 is 0 Å². The Hall–Kier alpha value is -0.450. The Kier molecular flexibility index (Phi) is 1.89. The van der Waals surface area contributed by atoms with Crippen molar-refractivity contribution < 1.29 is 0 Å². The van der Waals surface area contributed by atoms with Gasteiger partial charge in [0.25, 0.3) is 0 Å². The molecular weight excluding hydrogens is 158 g/mol. The van der Waals surface area contributed by atoms with Gasteiger partial charge in [0.05, 0.1) is 17.2 Å². The van der Waals surface area contributed by atoms with Gasteiger partial charge < -0.3 is 0 Å². The first-order valence-electron chi connectivity index (χ1n) is 3.78. The van der Waals surface area contributed by atoms with Gasteiger partial charge in [0.2, 0.25) is 0 Å². The average molecular weight is 169 g/mol. The smallest absolute Gasteiger partial charge is 0.0959 e. The van der Waals surface area contributed by atoms with E-state index in [0.717, 1.165) is 11.6 Å². The minimum Gasteiger partial charge on any atom is -0.271 e. The fourth-order valence-corrected chi connectivity index (χ4v) is 2.02. The summed E-state index contributed by atoms with van der Waals surface area (Å²) in [7, 11) is 0. The molecule has 3 nitrogen and oxygen atoms in total. The maximum Gasteiger partial charge on any atom is 0.0959 e. The molecular formula is C7H11N3S.